The summed E-state index contributed by atoms with van der Waals surface area (Å²) < 4.78 is 17.7. The molecule has 7 nitrogen and oxygen atoms in total. The lowest BCUT2D eigenvalue weighted by atomic mass is 9.99. The van der Waals surface area contributed by atoms with Gasteiger partial charge in [0.25, 0.3) is 0 Å². The third kappa shape index (κ3) is 14.2. The maximum Gasteiger partial charge on any atom is 0.334 e. The van der Waals surface area contributed by atoms with Gasteiger partial charge < -0.3 is 29.5 Å². The molecule has 0 saturated carbocycles. The van der Waals surface area contributed by atoms with Gasteiger partial charge in [-0.3, -0.25) is 0 Å². The predicted molar refractivity (Wildman–Crippen MR) is 175 cm³/mol. The van der Waals surface area contributed by atoms with Crippen molar-refractivity contribution >= 4 is 5.97 Å². The highest BCUT2D eigenvalue weighted by molar-refractivity contribution is 5.90. The Morgan fingerprint density at radius 2 is 1.11 bits per heavy atom. The Bertz CT molecular complexity index is 801. The molecule has 3 rings (SSSR count). The minimum absolute atomic E-state index is 0.0248. The van der Waals surface area contributed by atoms with Crippen LogP contribution in [-0.4, -0.2) is 70.1 Å². The van der Waals surface area contributed by atoms with E-state index in [9.17, 15) is 20.1 Å². The average Bonchev–Trinajstić information content (AvgIpc) is 3.76. The lowest BCUT2D eigenvalue weighted by Gasteiger charge is -2.24. The second-order valence-corrected chi connectivity index (χ2v) is 14.0. The molecule has 44 heavy (non-hydrogen) atoms. The van der Waals surface area contributed by atoms with E-state index in [0.29, 0.717) is 6.42 Å². The van der Waals surface area contributed by atoms with E-state index >= 15 is 0 Å². The van der Waals surface area contributed by atoms with Crippen molar-refractivity contribution < 1.29 is 34.3 Å². The number of carbonyl (C=O) groups excluding carboxylic acids is 1. The molecule has 2 saturated heterocycles. The summed E-state index contributed by atoms with van der Waals surface area (Å²) in [6.07, 6.45) is 25.6. The summed E-state index contributed by atoms with van der Waals surface area (Å²) in [6, 6.07) is 0. The van der Waals surface area contributed by atoms with Crippen LogP contribution in [0.4, 0.5) is 0 Å². The highest BCUT2D eigenvalue weighted by Crippen LogP contribution is 2.34. The maximum atomic E-state index is 11.6. The normalized spacial score (nSPS) is 27.4. The Morgan fingerprint density at radius 3 is 1.64 bits per heavy atom. The van der Waals surface area contributed by atoms with E-state index < -0.39 is 6.10 Å². The number of aliphatic hydroxyl groups excluding tert-OH is 3. The highest BCUT2D eigenvalue weighted by Gasteiger charge is 2.40. The fourth-order valence-corrected chi connectivity index (χ4v) is 7.27. The van der Waals surface area contributed by atoms with Gasteiger partial charge in [-0.15, -0.1) is 0 Å². The van der Waals surface area contributed by atoms with Crippen LogP contribution < -0.4 is 0 Å². The summed E-state index contributed by atoms with van der Waals surface area (Å²) in [6.45, 7) is 4.14. The number of carbonyl (C=O) groups is 1. The van der Waals surface area contributed by atoms with Gasteiger partial charge in [0.05, 0.1) is 42.7 Å². The molecular weight excluding hydrogens is 556 g/mol. The molecule has 0 unspecified atom stereocenters. The smallest absolute Gasteiger partial charge is 0.334 e. The number of cyclic esters (lactones) is 1. The molecule has 2 fully saturated rings. The summed E-state index contributed by atoms with van der Waals surface area (Å²) in [5.41, 5.74) is 0.828. The zero-order valence-electron chi connectivity index (χ0n) is 28.1. The van der Waals surface area contributed by atoms with Gasteiger partial charge in [0, 0.05) is 5.57 Å². The van der Waals surface area contributed by atoms with Gasteiger partial charge in [0.1, 0.15) is 6.10 Å². The van der Waals surface area contributed by atoms with Gasteiger partial charge in [0.2, 0.25) is 0 Å². The van der Waals surface area contributed by atoms with E-state index in [1.54, 1.807) is 0 Å². The standard InChI is InChI=1S/C37H66O7/c1-3-4-5-6-7-8-12-15-21-31(39)33-23-25-35(43-33)36-26-24-34(44-36)32(40)22-17-16-20-30(38)19-14-11-9-10-13-18-29-27-28(2)42-37(29)41/h27-28,30-36,38-40H,3-26H2,1-2H3/t28-,30-,31-,32+,33+,34+,35+,36+/m0/s1. The Kier molecular flexibility index (Phi) is 18.5. The third-order valence-electron chi connectivity index (χ3n) is 10.1. The number of aliphatic hydroxyl groups is 3. The number of hydrogen-bond acceptors (Lipinski definition) is 7. The lowest BCUT2D eigenvalue weighted by Crippen LogP contribution is -2.33. The largest absolute Gasteiger partial charge is 0.455 e. The molecule has 0 aromatic carbocycles. The minimum atomic E-state index is -0.466. The van der Waals surface area contributed by atoms with E-state index in [1.165, 1.54) is 44.9 Å². The summed E-state index contributed by atoms with van der Waals surface area (Å²) in [5, 5.41) is 31.8. The Labute approximate surface area is 268 Å². The third-order valence-corrected chi connectivity index (χ3v) is 10.1. The van der Waals surface area contributed by atoms with Crippen LogP contribution in [0.15, 0.2) is 11.6 Å². The summed E-state index contributed by atoms with van der Waals surface area (Å²) in [4.78, 5) is 11.6. The minimum Gasteiger partial charge on any atom is -0.455 e. The Morgan fingerprint density at radius 1 is 0.659 bits per heavy atom. The lowest BCUT2D eigenvalue weighted by molar-refractivity contribution is -0.139. The van der Waals surface area contributed by atoms with Crippen LogP contribution in [0.5, 0.6) is 0 Å². The molecule has 256 valence electrons. The molecule has 0 bridgehead atoms. The molecule has 0 amide bonds. The molecule has 0 radical (unpaired) electrons. The van der Waals surface area contributed by atoms with Crippen molar-refractivity contribution in [2.75, 3.05) is 0 Å². The molecule has 3 aliphatic rings. The van der Waals surface area contributed by atoms with E-state index in [2.05, 4.69) is 6.92 Å². The van der Waals surface area contributed by atoms with Crippen molar-refractivity contribution in [3.05, 3.63) is 11.6 Å². The van der Waals surface area contributed by atoms with Crippen LogP contribution in [0.25, 0.3) is 0 Å². The van der Waals surface area contributed by atoms with Gasteiger partial charge in [-0.25, -0.2) is 4.79 Å². The number of rotatable bonds is 25. The van der Waals surface area contributed by atoms with Gasteiger partial charge in [-0.1, -0.05) is 96.8 Å². The first-order valence-corrected chi connectivity index (χ1v) is 18.6. The second-order valence-electron chi connectivity index (χ2n) is 14.0. The van der Waals surface area contributed by atoms with Crippen molar-refractivity contribution in [1.82, 2.24) is 0 Å². The number of unbranched alkanes of at least 4 members (excludes halogenated alkanes) is 12. The van der Waals surface area contributed by atoms with Gasteiger partial charge in [-0.05, 0) is 77.2 Å². The topological polar surface area (TPSA) is 105 Å². The van der Waals surface area contributed by atoms with E-state index in [4.69, 9.17) is 14.2 Å². The summed E-state index contributed by atoms with van der Waals surface area (Å²) in [5.74, 6) is -0.152. The van der Waals surface area contributed by atoms with Gasteiger partial charge >= 0.3 is 5.97 Å². The van der Waals surface area contributed by atoms with Crippen LogP contribution in [0.3, 0.4) is 0 Å². The van der Waals surface area contributed by atoms with E-state index in [0.717, 1.165) is 108 Å². The monoisotopic (exact) mass is 622 g/mol. The maximum absolute atomic E-state index is 11.6. The van der Waals surface area contributed by atoms with E-state index in [-0.39, 0.29) is 48.7 Å². The summed E-state index contributed by atoms with van der Waals surface area (Å²) in [7, 11) is 0. The van der Waals surface area contributed by atoms with Crippen LogP contribution in [0.1, 0.15) is 168 Å². The van der Waals surface area contributed by atoms with Crippen LogP contribution in [-0.2, 0) is 19.0 Å². The zero-order chi connectivity index (χ0) is 31.6. The van der Waals surface area contributed by atoms with Crippen molar-refractivity contribution in [1.29, 1.82) is 0 Å². The van der Waals surface area contributed by atoms with Crippen molar-refractivity contribution in [2.45, 2.75) is 217 Å². The zero-order valence-corrected chi connectivity index (χ0v) is 28.1. The molecule has 8 atom stereocenters. The molecule has 3 heterocycles. The highest BCUT2D eigenvalue weighted by atomic mass is 16.6. The quantitative estimate of drug-likeness (QED) is 0.0703. The number of hydrogen-bond donors (Lipinski definition) is 3. The first-order valence-electron chi connectivity index (χ1n) is 18.6. The predicted octanol–water partition coefficient (Wildman–Crippen LogP) is 7.86. The molecule has 7 heteroatoms. The number of ether oxygens (including phenoxy) is 3. The average molecular weight is 623 g/mol. The van der Waals surface area contributed by atoms with Crippen LogP contribution in [0, 0.1) is 0 Å². The molecule has 0 aromatic heterocycles. The van der Waals surface area contributed by atoms with Crippen molar-refractivity contribution in [2.24, 2.45) is 0 Å². The van der Waals surface area contributed by atoms with Gasteiger partial charge in [-0.2, -0.15) is 0 Å². The first-order chi connectivity index (χ1) is 21.4. The molecule has 0 aliphatic carbocycles. The Hall–Kier alpha value is -0.990. The van der Waals surface area contributed by atoms with E-state index in [1.807, 2.05) is 13.0 Å². The second kappa shape index (κ2) is 21.7. The molecule has 0 aromatic rings. The first kappa shape index (κ1) is 37.5. The van der Waals surface area contributed by atoms with Gasteiger partial charge in [0.15, 0.2) is 0 Å². The van der Waals surface area contributed by atoms with Crippen molar-refractivity contribution in [3.63, 3.8) is 0 Å². The molecule has 3 N–H and O–H groups in total. The summed E-state index contributed by atoms with van der Waals surface area (Å²) >= 11 is 0. The SMILES string of the molecule is CCCCCCCCCC[C@H](O)[C@H]1CC[C@H]([C@H]2CC[C@H]([C@H](O)CCCC[C@@H](O)CCCCCCCC3=C[C@H](C)OC3=O)O2)O1. The molecule has 3 aliphatic heterocycles. The van der Waals surface area contributed by atoms with Crippen molar-refractivity contribution in [3.8, 4) is 0 Å². The van der Waals surface area contributed by atoms with Crippen LogP contribution in [0.2, 0.25) is 0 Å². The fourth-order valence-electron chi connectivity index (χ4n) is 7.27. The molecule has 0 spiro atoms. The molecular formula is C37H66O7. The number of esters is 1. The fraction of sp³-hybridized carbons (Fsp3) is 0.919. The van der Waals surface area contributed by atoms with Crippen LogP contribution >= 0.6 is 0 Å². The Balaban J connectivity index is 1.14.